The van der Waals surface area contributed by atoms with Crippen molar-refractivity contribution in [2.45, 2.75) is 6.61 Å². The van der Waals surface area contributed by atoms with Crippen molar-refractivity contribution in [2.24, 2.45) is 0 Å². The lowest BCUT2D eigenvalue weighted by Gasteiger charge is -2.02. The van der Waals surface area contributed by atoms with Gasteiger partial charge in [0.05, 0.1) is 0 Å². The van der Waals surface area contributed by atoms with Crippen LogP contribution in [0, 0.1) is 0 Å². The fourth-order valence-corrected chi connectivity index (χ4v) is 1.17. The van der Waals surface area contributed by atoms with Gasteiger partial charge in [-0.15, -0.1) is 0 Å². The molecule has 1 aromatic rings. The van der Waals surface area contributed by atoms with Gasteiger partial charge in [0.15, 0.2) is 11.1 Å². The predicted octanol–water partition coefficient (Wildman–Crippen LogP) is 0.952. The lowest BCUT2D eigenvalue weighted by atomic mass is 10.2. The summed E-state index contributed by atoms with van der Waals surface area (Å²) in [7, 11) is 0. The first-order valence-corrected chi connectivity index (χ1v) is 5.23. The zero-order chi connectivity index (χ0) is 10.4. The number of benzene rings is 1. The number of rotatable bonds is 4. The molecule has 14 heavy (non-hydrogen) atoms. The SMILES string of the molecule is O=C(CS(=O)O)OCc1ccccc1. The van der Waals surface area contributed by atoms with Crippen LogP contribution in [0.4, 0.5) is 0 Å². The molecule has 0 saturated heterocycles. The summed E-state index contributed by atoms with van der Waals surface area (Å²) in [5.41, 5.74) is 0.851. The van der Waals surface area contributed by atoms with E-state index < -0.39 is 22.8 Å². The molecule has 1 aromatic carbocycles. The molecular weight excluding hydrogens is 204 g/mol. The van der Waals surface area contributed by atoms with Gasteiger partial charge in [0.1, 0.15) is 12.4 Å². The molecule has 0 saturated carbocycles. The highest BCUT2D eigenvalue weighted by Gasteiger charge is 2.06. The molecule has 0 radical (unpaired) electrons. The Morgan fingerprint density at radius 1 is 1.36 bits per heavy atom. The summed E-state index contributed by atoms with van der Waals surface area (Å²) in [6.45, 7) is 0.136. The summed E-state index contributed by atoms with van der Waals surface area (Å²) >= 11 is -2.13. The molecule has 0 amide bonds. The fraction of sp³-hybridized carbons (Fsp3) is 0.222. The van der Waals surface area contributed by atoms with E-state index in [1.807, 2.05) is 30.3 Å². The van der Waals surface area contributed by atoms with Crippen LogP contribution in [0.5, 0.6) is 0 Å². The molecule has 0 aliphatic rings. The molecule has 0 spiro atoms. The maximum atomic E-state index is 10.9. The van der Waals surface area contributed by atoms with Crippen LogP contribution in [-0.4, -0.2) is 20.5 Å². The summed E-state index contributed by atoms with van der Waals surface area (Å²) in [6.07, 6.45) is 0. The van der Waals surface area contributed by atoms with Gasteiger partial charge in [0.25, 0.3) is 0 Å². The first-order valence-electron chi connectivity index (χ1n) is 3.95. The molecule has 0 aliphatic carbocycles. The number of carbonyl (C=O) groups is 1. The topological polar surface area (TPSA) is 63.6 Å². The van der Waals surface area contributed by atoms with E-state index in [0.717, 1.165) is 5.56 Å². The predicted molar refractivity (Wildman–Crippen MR) is 51.9 cm³/mol. The van der Waals surface area contributed by atoms with Crippen LogP contribution in [0.3, 0.4) is 0 Å². The van der Waals surface area contributed by atoms with E-state index >= 15 is 0 Å². The highest BCUT2D eigenvalue weighted by atomic mass is 32.2. The Morgan fingerprint density at radius 3 is 2.57 bits per heavy atom. The minimum atomic E-state index is -2.13. The molecule has 0 heterocycles. The Bertz CT molecular complexity index is 323. The van der Waals surface area contributed by atoms with Gasteiger partial charge < -0.3 is 9.29 Å². The largest absolute Gasteiger partial charge is 0.460 e. The second kappa shape index (κ2) is 5.51. The lowest BCUT2D eigenvalue weighted by molar-refractivity contribution is -0.141. The van der Waals surface area contributed by atoms with Crippen molar-refractivity contribution in [1.82, 2.24) is 0 Å². The third-order valence-electron chi connectivity index (χ3n) is 1.48. The lowest BCUT2D eigenvalue weighted by Crippen LogP contribution is -2.13. The Balaban J connectivity index is 2.34. The third kappa shape index (κ3) is 4.15. The number of hydrogen-bond acceptors (Lipinski definition) is 3. The Morgan fingerprint density at radius 2 is 2.00 bits per heavy atom. The van der Waals surface area contributed by atoms with Crippen molar-refractivity contribution < 1.29 is 18.3 Å². The first kappa shape index (κ1) is 10.9. The molecule has 0 fully saturated rings. The van der Waals surface area contributed by atoms with E-state index in [-0.39, 0.29) is 6.61 Å². The summed E-state index contributed by atoms with van der Waals surface area (Å²) in [6, 6.07) is 9.13. The van der Waals surface area contributed by atoms with Gasteiger partial charge in [-0.2, -0.15) is 0 Å². The van der Waals surface area contributed by atoms with Crippen molar-refractivity contribution in [3.63, 3.8) is 0 Å². The van der Waals surface area contributed by atoms with E-state index in [4.69, 9.17) is 9.29 Å². The Labute approximate surface area is 84.2 Å². The van der Waals surface area contributed by atoms with Gasteiger partial charge in [0.2, 0.25) is 0 Å². The number of carbonyl (C=O) groups excluding carboxylic acids is 1. The number of ether oxygens (including phenoxy) is 1. The van der Waals surface area contributed by atoms with Crippen LogP contribution in [0.2, 0.25) is 0 Å². The van der Waals surface area contributed by atoms with Gasteiger partial charge in [-0.3, -0.25) is 4.79 Å². The molecule has 1 atom stereocenters. The maximum absolute atomic E-state index is 10.9. The molecular formula is C9H10O4S. The van der Waals surface area contributed by atoms with Gasteiger partial charge >= 0.3 is 5.97 Å². The Kier molecular flexibility index (Phi) is 4.28. The minimum absolute atomic E-state index is 0.136. The second-order valence-corrected chi connectivity index (χ2v) is 3.54. The molecule has 76 valence electrons. The third-order valence-corrected chi connectivity index (χ3v) is 1.97. The zero-order valence-electron chi connectivity index (χ0n) is 7.38. The highest BCUT2D eigenvalue weighted by molar-refractivity contribution is 7.80. The van der Waals surface area contributed by atoms with E-state index in [9.17, 15) is 9.00 Å². The van der Waals surface area contributed by atoms with Crippen molar-refractivity contribution >= 4 is 17.0 Å². The van der Waals surface area contributed by atoms with E-state index in [2.05, 4.69) is 0 Å². The van der Waals surface area contributed by atoms with Crippen LogP contribution in [0.15, 0.2) is 30.3 Å². The van der Waals surface area contributed by atoms with Crippen LogP contribution in [-0.2, 0) is 27.2 Å². The monoisotopic (exact) mass is 214 g/mol. The Hall–Kier alpha value is -1.20. The molecule has 1 unspecified atom stereocenters. The average molecular weight is 214 g/mol. The summed E-state index contributed by atoms with van der Waals surface area (Å²) in [5, 5.41) is 0. The van der Waals surface area contributed by atoms with Crippen molar-refractivity contribution in [3.05, 3.63) is 35.9 Å². The standard InChI is InChI=1S/C9H10O4S/c10-9(7-14(11)12)13-6-8-4-2-1-3-5-8/h1-5H,6-7H2,(H,11,12). The average Bonchev–Trinajstić information content (AvgIpc) is 2.15. The van der Waals surface area contributed by atoms with Crippen LogP contribution < -0.4 is 0 Å². The smallest absolute Gasteiger partial charge is 0.321 e. The van der Waals surface area contributed by atoms with Crippen molar-refractivity contribution in [1.29, 1.82) is 0 Å². The summed E-state index contributed by atoms with van der Waals surface area (Å²) in [5.74, 6) is -1.15. The van der Waals surface area contributed by atoms with Crippen LogP contribution in [0.1, 0.15) is 5.56 Å². The van der Waals surface area contributed by atoms with Gasteiger partial charge in [-0.25, -0.2) is 4.21 Å². The molecule has 1 N–H and O–H groups in total. The van der Waals surface area contributed by atoms with Gasteiger partial charge in [-0.1, -0.05) is 30.3 Å². The highest BCUT2D eigenvalue weighted by Crippen LogP contribution is 2.00. The zero-order valence-corrected chi connectivity index (χ0v) is 8.20. The normalized spacial score (nSPS) is 12.1. The quantitative estimate of drug-likeness (QED) is 0.598. The summed E-state index contributed by atoms with van der Waals surface area (Å²) in [4.78, 5) is 10.9. The van der Waals surface area contributed by atoms with E-state index in [0.29, 0.717) is 0 Å². The van der Waals surface area contributed by atoms with Crippen molar-refractivity contribution in [3.8, 4) is 0 Å². The molecule has 1 rings (SSSR count). The first-order chi connectivity index (χ1) is 6.68. The van der Waals surface area contributed by atoms with Gasteiger partial charge in [0, 0.05) is 0 Å². The molecule has 0 aromatic heterocycles. The fourth-order valence-electron chi connectivity index (χ4n) is 0.881. The van der Waals surface area contributed by atoms with Crippen LogP contribution in [0.25, 0.3) is 0 Å². The van der Waals surface area contributed by atoms with E-state index in [1.54, 1.807) is 0 Å². The summed E-state index contributed by atoms with van der Waals surface area (Å²) < 4.78 is 23.4. The number of hydrogen-bond donors (Lipinski definition) is 1. The molecule has 0 aliphatic heterocycles. The number of esters is 1. The maximum Gasteiger partial charge on any atom is 0.321 e. The van der Waals surface area contributed by atoms with Crippen molar-refractivity contribution in [2.75, 3.05) is 5.75 Å². The molecule has 5 heteroatoms. The van der Waals surface area contributed by atoms with E-state index in [1.165, 1.54) is 0 Å². The van der Waals surface area contributed by atoms with Gasteiger partial charge in [-0.05, 0) is 5.56 Å². The second-order valence-electron chi connectivity index (χ2n) is 2.61. The molecule has 0 bridgehead atoms. The molecule has 4 nitrogen and oxygen atoms in total. The van der Waals surface area contributed by atoms with Crippen LogP contribution >= 0.6 is 0 Å². The minimum Gasteiger partial charge on any atom is -0.460 e.